The zero-order valence-electron chi connectivity index (χ0n) is 15.0. The van der Waals surface area contributed by atoms with E-state index in [0.29, 0.717) is 24.7 Å². The molecule has 0 heterocycles. The van der Waals surface area contributed by atoms with Crippen molar-refractivity contribution in [2.24, 2.45) is 28.6 Å². The minimum atomic E-state index is -0.905. The van der Waals surface area contributed by atoms with Gasteiger partial charge in [-0.3, -0.25) is 9.59 Å². The van der Waals surface area contributed by atoms with Crippen molar-refractivity contribution in [2.75, 3.05) is 0 Å². The van der Waals surface area contributed by atoms with Crippen LogP contribution in [0.2, 0.25) is 0 Å². The molecule has 0 saturated heterocycles. The summed E-state index contributed by atoms with van der Waals surface area (Å²) in [6, 6.07) is 0. The van der Waals surface area contributed by atoms with Crippen LogP contribution < -0.4 is 0 Å². The van der Waals surface area contributed by atoms with Crippen molar-refractivity contribution in [3.8, 4) is 0 Å². The molecule has 4 rings (SSSR count). The van der Waals surface area contributed by atoms with Gasteiger partial charge in [0, 0.05) is 24.8 Å². The lowest BCUT2D eigenvalue weighted by Crippen LogP contribution is -2.54. The predicted molar refractivity (Wildman–Crippen MR) is 92.8 cm³/mol. The summed E-state index contributed by atoms with van der Waals surface area (Å²) in [6.07, 6.45) is 8.57. The number of aliphatic carboxylic acids is 1. The number of carbonyl (C=O) groups is 3. The minimum Gasteiger partial charge on any atom is -0.478 e. The van der Waals surface area contributed by atoms with Gasteiger partial charge in [0.05, 0.1) is 0 Å². The molecule has 0 aromatic carbocycles. The number of carbonyl (C=O) groups excluding carboxylic acids is 2. The summed E-state index contributed by atoms with van der Waals surface area (Å²) in [7, 11) is 0. The Kier molecular flexibility index (Phi) is 3.61. The zero-order chi connectivity index (χ0) is 18.0. The molecule has 0 aromatic rings. The van der Waals surface area contributed by atoms with Crippen LogP contribution in [0.4, 0.5) is 0 Å². The molecule has 0 amide bonds. The van der Waals surface area contributed by atoms with Gasteiger partial charge in [-0.2, -0.15) is 0 Å². The molecule has 134 valence electrons. The van der Waals surface area contributed by atoms with Gasteiger partial charge < -0.3 is 5.11 Å². The highest BCUT2D eigenvalue weighted by Crippen LogP contribution is 2.65. The van der Waals surface area contributed by atoms with Crippen molar-refractivity contribution in [1.29, 1.82) is 0 Å². The summed E-state index contributed by atoms with van der Waals surface area (Å²) in [6.45, 7) is 4.29. The lowest BCUT2D eigenvalue weighted by Gasteiger charge is -2.56. The quantitative estimate of drug-likeness (QED) is 0.738. The molecular weight excluding hydrogens is 316 g/mol. The molecule has 0 bridgehead atoms. The van der Waals surface area contributed by atoms with Crippen molar-refractivity contribution in [2.45, 2.75) is 58.8 Å². The molecule has 3 saturated carbocycles. The maximum Gasteiger partial charge on any atom is 0.328 e. The highest BCUT2D eigenvalue weighted by Gasteiger charge is 2.60. The summed E-state index contributed by atoms with van der Waals surface area (Å²) in [5.41, 5.74) is 1.66. The molecule has 4 aliphatic carbocycles. The Morgan fingerprint density at radius 3 is 2.64 bits per heavy atom. The van der Waals surface area contributed by atoms with E-state index in [2.05, 4.69) is 13.8 Å². The maximum absolute atomic E-state index is 13.3. The molecule has 5 atom stereocenters. The van der Waals surface area contributed by atoms with E-state index in [1.807, 2.05) is 6.08 Å². The fourth-order valence-electron chi connectivity index (χ4n) is 6.62. The number of ketones is 2. The Labute approximate surface area is 148 Å². The largest absolute Gasteiger partial charge is 0.478 e. The molecule has 4 nitrogen and oxygen atoms in total. The molecule has 1 N–H and O–H groups in total. The normalized spacial score (nSPS) is 44.8. The van der Waals surface area contributed by atoms with E-state index >= 15 is 0 Å². The monoisotopic (exact) mass is 342 g/mol. The first-order valence-corrected chi connectivity index (χ1v) is 9.46. The van der Waals surface area contributed by atoms with Crippen LogP contribution in [0.15, 0.2) is 23.3 Å². The first-order chi connectivity index (χ1) is 11.8. The number of hydrogen-bond acceptors (Lipinski definition) is 3. The highest BCUT2D eigenvalue weighted by atomic mass is 16.4. The number of Topliss-reactive ketones (excluding diaryl/α,β-unsaturated/α-hetero) is 1. The van der Waals surface area contributed by atoms with Gasteiger partial charge in [0.25, 0.3) is 0 Å². The van der Waals surface area contributed by atoms with E-state index < -0.39 is 5.97 Å². The molecular formula is C21H26O4. The van der Waals surface area contributed by atoms with E-state index in [1.54, 1.807) is 0 Å². The second-order valence-corrected chi connectivity index (χ2v) is 8.95. The van der Waals surface area contributed by atoms with Gasteiger partial charge in [-0.05, 0) is 60.8 Å². The van der Waals surface area contributed by atoms with E-state index in [1.165, 1.54) is 11.6 Å². The second-order valence-electron chi connectivity index (χ2n) is 8.95. The number of carboxylic acid groups (broad SMARTS) is 1. The van der Waals surface area contributed by atoms with E-state index in [9.17, 15) is 19.5 Å². The van der Waals surface area contributed by atoms with Gasteiger partial charge in [0.1, 0.15) is 5.78 Å². The zero-order valence-corrected chi connectivity index (χ0v) is 15.0. The van der Waals surface area contributed by atoms with Crippen LogP contribution in [-0.2, 0) is 14.4 Å². The summed E-state index contributed by atoms with van der Waals surface area (Å²) >= 11 is 0. The Balaban J connectivity index is 1.74. The number of fused-ring (bicyclic) bond motifs is 5. The van der Waals surface area contributed by atoms with Crippen LogP contribution in [0.25, 0.3) is 0 Å². The topological polar surface area (TPSA) is 71.4 Å². The molecule has 0 radical (unpaired) electrons. The van der Waals surface area contributed by atoms with Crippen molar-refractivity contribution >= 4 is 17.5 Å². The van der Waals surface area contributed by atoms with E-state index in [4.69, 9.17) is 0 Å². The van der Waals surface area contributed by atoms with Crippen molar-refractivity contribution in [3.05, 3.63) is 23.3 Å². The van der Waals surface area contributed by atoms with Gasteiger partial charge in [0.15, 0.2) is 5.78 Å². The van der Waals surface area contributed by atoms with Gasteiger partial charge in [-0.25, -0.2) is 4.79 Å². The molecule has 25 heavy (non-hydrogen) atoms. The number of hydrogen-bond donors (Lipinski definition) is 1. The van der Waals surface area contributed by atoms with E-state index in [-0.39, 0.29) is 28.3 Å². The van der Waals surface area contributed by atoms with Crippen LogP contribution in [0.3, 0.4) is 0 Å². The first-order valence-electron chi connectivity index (χ1n) is 9.46. The third kappa shape index (κ3) is 2.29. The fraction of sp³-hybridized carbons (Fsp3) is 0.667. The molecule has 0 aromatic heterocycles. The smallest absolute Gasteiger partial charge is 0.328 e. The summed E-state index contributed by atoms with van der Waals surface area (Å²) in [4.78, 5) is 36.3. The Morgan fingerprint density at radius 1 is 1.16 bits per heavy atom. The predicted octanol–water partition coefficient (Wildman–Crippen LogP) is 3.71. The van der Waals surface area contributed by atoms with Gasteiger partial charge in [-0.15, -0.1) is 0 Å². The van der Waals surface area contributed by atoms with Gasteiger partial charge >= 0.3 is 5.97 Å². The second kappa shape index (κ2) is 5.39. The highest BCUT2D eigenvalue weighted by molar-refractivity contribution is 5.93. The molecule has 3 fully saturated rings. The van der Waals surface area contributed by atoms with Crippen LogP contribution in [0, 0.1) is 28.6 Å². The molecule has 0 unspecified atom stereocenters. The van der Waals surface area contributed by atoms with Crippen LogP contribution in [0.5, 0.6) is 0 Å². The van der Waals surface area contributed by atoms with Crippen molar-refractivity contribution in [3.63, 3.8) is 0 Å². The summed E-state index contributed by atoms with van der Waals surface area (Å²) in [5.74, 6) is 0.287. The number of carboxylic acids is 1. The average molecular weight is 342 g/mol. The van der Waals surface area contributed by atoms with Crippen molar-refractivity contribution in [1.82, 2.24) is 0 Å². The third-order valence-corrected chi connectivity index (χ3v) is 7.80. The van der Waals surface area contributed by atoms with Gasteiger partial charge in [-0.1, -0.05) is 25.0 Å². The standard InChI is InChI=1S/C21H26O4/c1-20-8-7-14(22)9-12(20)3-5-15-16-6-4-13(10-18(24)25)21(16,2)11-17(23)19(15)20/h9-10,15-16,19H,3-8,11H2,1-2H3,(H,24,25)/b13-10+/t15-,16-,19+,20-,21-/m1/s1. The SMILES string of the molecule is C[C@@]12CCC(=O)C=C1CC[C@H]1[C@H]2C(=O)C[C@]2(C)/C(=C/C(=O)O)CC[C@H]12. The third-order valence-electron chi connectivity index (χ3n) is 7.80. The molecule has 0 aliphatic heterocycles. The summed E-state index contributed by atoms with van der Waals surface area (Å²) in [5, 5.41) is 9.20. The fourth-order valence-corrected chi connectivity index (χ4v) is 6.62. The van der Waals surface area contributed by atoms with Crippen LogP contribution in [0.1, 0.15) is 58.8 Å². The minimum absolute atomic E-state index is 0.00264. The van der Waals surface area contributed by atoms with Gasteiger partial charge in [0.2, 0.25) is 0 Å². The lowest BCUT2D eigenvalue weighted by molar-refractivity contribution is -0.143. The van der Waals surface area contributed by atoms with Crippen LogP contribution >= 0.6 is 0 Å². The maximum atomic E-state index is 13.3. The average Bonchev–Trinajstić information content (AvgIpc) is 2.83. The van der Waals surface area contributed by atoms with E-state index in [0.717, 1.165) is 37.7 Å². The molecule has 4 aliphatic rings. The molecule has 4 heteroatoms. The first kappa shape index (κ1) is 16.7. The lowest BCUT2D eigenvalue weighted by atomic mass is 9.47. The Hall–Kier alpha value is -1.71. The number of rotatable bonds is 1. The Morgan fingerprint density at radius 2 is 1.92 bits per heavy atom. The van der Waals surface area contributed by atoms with Crippen LogP contribution in [-0.4, -0.2) is 22.6 Å². The number of allylic oxidation sites excluding steroid dienone is 2. The Bertz CT molecular complexity index is 730. The summed E-state index contributed by atoms with van der Waals surface area (Å²) < 4.78 is 0. The molecule has 0 spiro atoms. The van der Waals surface area contributed by atoms with Crippen molar-refractivity contribution < 1.29 is 19.5 Å².